The standard InChI is InChI=1S/C18H19F3N6OS/c1-10(28)27(2)15-6-11(18(19,20)21)8-24-16(15)26-17-25-14(9-29-17)13(22)7-12-4-3-5-23-12/h6-9,22-23H,3-5H2,1-2H3,(H,24,25,26)/b12-7-,22-13?. The number of aromatic nitrogens is 2. The highest BCUT2D eigenvalue weighted by Crippen LogP contribution is 2.35. The van der Waals surface area contributed by atoms with E-state index in [4.69, 9.17) is 5.41 Å². The van der Waals surface area contributed by atoms with Gasteiger partial charge in [-0.25, -0.2) is 9.97 Å². The lowest BCUT2D eigenvalue weighted by Crippen LogP contribution is -2.24. The second-order valence-corrected chi connectivity index (χ2v) is 7.30. The minimum absolute atomic E-state index is 0.0172. The maximum absolute atomic E-state index is 13.0. The normalized spacial score (nSPS) is 15.3. The summed E-state index contributed by atoms with van der Waals surface area (Å²) in [5, 5.41) is 16.2. The van der Waals surface area contributed by atoms with Gasteiger partial charge in [0, 0.05) is 37.8 Å². The van der Waals surface area contributed by atoms with E-state index in [9.17, 15) is 18.0 Å². The summed E-state index contributed by atoms with van der Waals surface area (Å²) in [6.45, 7) is 2.13. The van der Waals surface area contributed by atoms with Crippen LogP contribution in [0.15, 0.2) is 29.4 Å². The van der Waals surface area contributed by atoms with Crippen LogP contribution in [-0.4, -0.2) is 35.2 Å². The molecule has 29 heavy (non-hydrogen) atoms. The van der Waals surface area contributed by atoms with Crippen molar-refractivity contribution < 1.29 is 18.0 Å². The van der Waals surface area contributed by atoms with Crippen molar-refractivity contribution in [2.75, 3.05) is 23.8 Å². The van der Waals surface area contributed by atoms with Gasteiger partial charge in [0.25, 0.3) is 0 Å². The number of allylic oxidation sites excluding steroid dienone is 2. The Hall–Kier alpha value is -2.95. The van der Waals surface area contributed by atoms with Gasteiger partial charge in [-0.1, -0.05) is 0 Å². The first-order valence-electron chi connectivity index (χ1n) is 8.72. The first-order chi connectivity index (χ1) is 13.6. The van der Waals surface area contributed by atoms with Crippen molar-refractivity contribution in [3.05, 3.63) is 40.7 Å². The van der Waals surface area contributed by atoms with E-state index in [2.05, 4.69) is 20.6 Å². The van der Waals surface area contributed by atoms with Crippen molar-refractivity contribution >= 4 is 39.6 Å². The van der Waals surface area contributed by atoms with Crippen LogP contribution in [0.4, 0.5) is 29.8 Å². The van der Waals surface area contributed by atoms with E-state index < -0.39 is 17.6 Å². The maximum atomic E-state index is 13.0. The molecule has 1 aliphatic heterocycles. The largest absolute Gasteiger partial charge is 0.417 e. The summed E-state index contributed by atoms with van der Waals surface area (Å²) in [7, 11) is 1.37. The van der Waals surface area contributed by atoms with Gasteiger partial charge in [0.05, 0.1) is 17.0 Å². The van der Waals surface area contributed by atoms with Crippen LogP contribution >= 0.6 is 11.3 Å². The second-order valence-electron chi connectivity index (χ2n) is 6.44. The van der Waals surface area contributed by atoms with Crippen LogP contribution in [-0.2, 0) is 11.0 Å². The fourth-order valence-corrected chi connectivity index (χ4v) is 3.38. The van der Waals surface area contributed by atoms with Crippen LogP contribution in [0.1, 0.15) is 31.0 Å². The lowest BCUT2D eigenvalue weighted by Gasteiger charge is -2.20. The number of carbonyl (C=O) groups is 1. The smallest absolute Gasteiger partial charge is 0.388 e. The van der Waals surface area contributed by atoms with Crippen LogP contribution < -0.4 is 15.5 Å². The Bertz CT molecular complexity index is 961. The third kappa shape index (κ3) is 4.91. The number of halogens is 3. The van der Waals surface area contributed by atoms with E-state index in [-0.39, 0.29) is 17.2 Å². The number of nitrogens with zero attached hydrogens (tertiary/aromatic N) is 3. The number of carbonyl (C=O) groups excluding carboxylic acids is 1. The Morgan fingerprint density at radius 1 is 1.45 bits per heavy atom. The molecule has 154 valence electrons. The average molecular weight is 424 g/mol. The Kier molecular flexibility index (Phi) is 5.87. The maximum Gasteiger partial charge on any atom is 0.417 e. The van der Waals surface area contributed by atoms with Crippen LogP contribution in [0.3, 0.4) is 0 Å². The van der Waals surface area contributed by atoms with Crippen LogP contribution in [0, 0.1) is 5.41 Å². The predicted molar refractivity (Wildman–Crippen MR) is 106 cm³/mol. The summed E-state index contributed by atoms with van der Waals surface area (Å²) in [5.74, 6) is -0.370. The van der Waals surface area contributed by atoms with Gasteiger partial charge in [-0.2, -0.15) is 13.2 Å². The zero-order valence-corrected chi connectivity index (χ0v) is 16.5. The number of thiazole rings is 1. The number of hydrogen-bond acceptors (Lipinski definition) is 7. The molecule has 7 nitrogen and oxygen atoms in total. The molecule has 3 heterocycles. The third-order valence-corrected chi connectivity index (χ3v) is 5.09. The number of hydrogen-bond donors (Lipinski definition) is 3. The molecule has 11 heteroatoms. The van der Waals surface area contributed by atoms with Crippen molar-refractivity contribution in [3.8, 4) is 0 Å². The molecular weight excluding hydrogens is 405 g/mol. The third-order valence-electron chi connectivity index (χ3n) is 4.33. The zero-order valence-electron chi connectivity index (χ0n) is 15.7. The van der Waals surface area contributed by atoms with E-state index in [1.165, 1.54) is 25.3 Å². The van der Waals surface area contributed by atoms with Gasteiger partial charge in [-0.05, 0) is 25.0 Å². The molecule has 0 saturated carbocycles. The van der Waals surface area contributed by atoms with E-state index in [0.717, 1.165) is 36.0 Å². The molecule has 1 fully saturated rings. The molecule has 1 saturated heterocycles. The summed E-state index contributed by atoms with van der Waals surface area (Å²) in [6.07, 6.45) is -0.254. The molecule has 0 aliphatic carbocycles. The number of rotatable bonds is 5. The Morgan fingerprint density at radius 2 is 2.21 bits per heavy atom. The van der Waals surface area contributed by atoms with Gasteiger partial charge in [0.1, 0.15) is 5.69 Å². The fraction of sp³-hybridized carbons (Fsp3) is 0.333. The lowest BCUT2D eigenvalue weighted by molar-refractivity contribution is -0.137. The van der Waals surface area contributed by atoms with Crippen LogP contribution in [0.25, 0.3) is 0 Å². The lowest BCUT2D eigenvalue weighted by atomic mass is 10.2. The molecule has 0 spiro atoms. The second kappa shape index (κ2) is 8.19. The Labute approximate surface area is 169 Å². The zero-order chi connectivity index (χ0) is 21.2. The highest BCUT2D eigenvalue weighted by molar-refractivity contribution is 7.14. The number of nitrogens with one attached hydrogen (secondary N) is 3. The van der Waals surface area contributed by atoms with Crippen molar-refractivity contribution in [2.24, 2.45) is 0 Å². The van der Waals surface area contributed by atoms with Gasteiger partial charge in [-0.15, -0.1) is 11.3 Å². The molecule has 3 rings (SSSR count). The number of anilines is 3. The number of amides is 1. The summed E-state index contributed by atoms with van der Waals surface area (Å²) >= 11 is 1.19. The van der Waals surface area contributed by atoms with Crippen molar-refractivity contribution in [2.45, 2.75) is 25.9 Å². The van der Waals surface area contributed by atoms with Crippen molar-refractivity contribution in [3.63, 3.8) is 0 Å². The van der Waals surface area contributed by atoms with Crippen LogP contribution in [0.2, 0.25) is 0 Å². The molecule has 2 aromatic heterocycles. The minimum atomic E-state index is -4.58. The minimum Gasteiger partial charge on any atom is -0.388 e. The Morgan fingerprint density at radius 3 is 2.83 bits per heavy atom. The van der Waals surface area contributed by atoms with Crippen LogP contribution in [0.5, 0.6) is 0 Å². The summed E-state index contributed by atoms with van der Waals surface area (Å²) in [6, 6.07) is 0.865. The highest BCUT2D eigenvalue weighted by Gasteiger charge is 2.32. The summed E-state index contributed by atoms with van der Waals surface area (Å²) in [5.41, 5.74) is 0.680. The van der Waals surface area contributed by atoms with Crippen molar-refractivity contribution in [1.82, 2.24) is 15.3 Å². The SMILES string of the molecule is CC(=O)N(C)c1cc(C(F)(F)F)cnc1Nc1nc(C(=N)/C=C2/CCCN2)cs1. The fourth-order valence-electron chi connectivity index (χ4n) is 2.67. The number of pyridine rings is 1. The van der Waals surface area contributed by atoms with E-state index in [1.54, 1.807) is 11.5 Å². The van der Waals surface area contributed by atoms with Gasteiger partial charge in [0.15, 0.2) is 10.9 Å². The molecule has 2 aromatic rings. The first-order valence-corrected chi connectivity index (χ1v) is 9.60. The first kappa shape index (κ1) is 20.8. The Balaban J connectivity index is 1.86. The summed E-state index contributed by atoms with van der Waals surface area (Å²) < 4.78 is 39.1. The molecule has 0 unspecified atom stereocenters. The van der Waals surface area contributed by atoms with Crippen molar-refractivity contribution in [1.29, 1.82) is 5.41 Å². The van der Waals surface area contributed by atoms with E-state index >= 15 is 0 Å². The summed E-state index contributed by atoms with van der Waals surface area (Å²) in [4.78, 5) is 20.9. The molecule has 1 amide bonds. The topological polar surface area (TPSA) is 94.0 Å². The molecule has 0 aromatic carbocycles. The molecule has 0 radical (unpaired) electrons. The molecule has 0 atom stereocenters. The molecule has 1 aliphatic rings. The van der Waals surface area contributed by atoms with E-state index in [1.807, 2.05) is 0 Å². The van der Waals surface area contributed by atoms with E-state index in [0.29, 0.717) is 17.0 Å². The van der Waals surface area contributed by atoms with Gasteiger partial charge >= 0.3 is 6.18 Å². The monoisotopic (exact) mass is 424 g/mol. The number of alkyl halides is 3. The highest BCUT2D eigenvalue weighted by atomic mass is 32.1. The molecule has 3 N–H and O–H groups in total. The predicted octanol–water partition coefficient (Wildman–Crippen LogP) is 3.92. The quantitative estimate of drug-likeness (QED) is 0.633. The van der Waals surface area contributed by atoms with Gasteiger partial charge in [0.2, 0.25) is 5.91 Å². The molecule has 0 bridgehead atoms. The van der Waals surface area contributed by atoms with Gasteiger partial charge in [-0.3, -0.25) is 10.2 Å². The van der Waals surface area contributed by atoms with Gasteiger partial charge < -0.3 is 15.5 Å². The average Bonchev–Trinajstić information content (AvgIpc) is 3.32. The molecular formula is C18H19F3N6OS.